The van der Waals surface area contributed by atoms with Crippen LogP contribution in [0.2, 0.25) is 0 Å². The predicted molar refractivity (Wildman–Crippen MR) is 66.1 cm³/mol. The van der Waals surface area contributed by atoms with Gasteiger partial charge < -0.3 is 25.2 Å². The molecule has 1 aromatic carbocycles. The molecule has 2 rings (SSSR count). The van der Waals surface area contributed by atoms with Crippen molar-refractivity contribution in [1.29, 1.82) is 0 Å². The Morgan fingerprint density at radius 3 is 2.28 bits per heavy atom. The Hall–Kier alpha value is -0.630. The minimum atomic E-state index is -1.32. The highest BCUT2D eigenvalue weighted by atomic mass is 32.2. The molecule has 2 unspecified atom stereocenters. The Labute approximate surface area is 109 Å². The summed E-state index contributed by atoms with van der Waals surface area (Å²) in [7, 11) is 0. The number of thioether (sulfide) groups is 1. The number of rotatable bonds is 3. The smallest absolute Gasteiger partial charge is 0.136 e. The van der Waals surface area contributed by atoms with Gasteiger partial charge in [-0.05, 0) is 12.1 Å². The SMILES string of the molecule is OCC1O[C@H](Sc2ccccc2)[C@@H](O)C(O)[C@H]1O. The van der Waals surface area contributed by atoms with E-state index in [1.807, 2.05) is 30.3 Å². The molecule has 1 heterocycles. The van der Waals surface area contributed by atoms with Crippen LogP contribution in [0, 0.1) is 0 Å². The van der Waals surface area contributed by atoms with Crippen molar-refractivity contribution in [2.24, 2.45) is 0 Å². The van der Waals surface area contributed by atoms with Crippen molar-refractivity contribution in [2.45, 2.75) is 34.7 Å². The van der Waals surface area contributed by atoms with Gasteiger partial charge >= 0.3 is 0 Å². The van der Waals surface area contributed by atoms with Crippen LogP contribution in [0.15, 0.2) is 35.2 Å². The highest BCUT2D eigenvalue weighted by molar-refractivity contribution is 7.99. The van der Waals surface area contributed by atoms with Gasteiger partial charge in [0.05, 0.1) is 6.61 Å². The third-order valence-electron chi connectivity index (χ3n) is 2.84. The van der Waals surface area contributed by atoms with Crippen molar-refractivity contribution in [3.8, 4) is 0 Å². The number of hydrogen-bond acceptors (Lipinski definition) is 6. The molecule has 1 saturated heterocycles. The fourth-order valence-electron chi connectivity index (χ4n) is 1.80. The Morgan fingerprint density at radius 2 is 1.67 bits per heavy atom. The number of benzene rings is 1. The third-order valence-corrected chi connectivity index (χ3v) is 4.01. The van der Waals surface area contributed by atoms with Gasteiger partial charge in [-0.25, -0.2) is 0 Å². The Balaban J connectivity index is 2.08. The lowest BCUT2D eigenvalue weighted by Gasteiger charge is -2.39. The van der Waals surface area contributed by atoms with E-state index >= 15 is 0 Å². The maximum Gasteiger partial charge on any atom is 0.136 e. The van der Waals surface area contributed by atoms with Crippen LogP contribution in [0.3, 0.4) is 0 Å². The van der Waals surface area contributed by atoms with Crippen molar-refractivity contribution in [3.63, 3.8) is 0 Å². The molecule has 5 nitrogen and oxygen atoms in total. The molecule has 6 heteroatoms. The van der Waals surface area contributed by atoms with Crippen LogP contribution in [0.1, 0.15) is 0 Å². The lowest BCUT2D eigenvalue weighted by atomic mass is 10.0. The molecule has 1 fully saturated rings. The Kier molecular flexibility index (Phi) is 4.60. The van der Waals surface area contributed by atoms with E-state index in [0.29, 0.717) is 0 Å². The standard InChI is InChI=1S/C12H16O5S/c13-6-8-9(14)10(15)11(16)12(17-8)18-7-4-2-1-3-5-7/h1-5,8-16H,6H2/t8?,9-,10?,11-,12+/m0/s1. The zero-order valence-electron chi connectivity index (χ0n) is 9.59. The van der Waals surface area contributed by atoms with Gasteiger partial charge in [0.15, 0.2) is 0 Å². The van der Waals surface area contributed by atoms with Gasteiger partial charge in [0.1, 0.15) is 29.9 Å². The first kappa shape index (κ1) is 13.8. The number of hydrogen-bond donors (Lipinski definition) is 4. The van der Waals surface area contributed by atoms with E-state index in [0.717, 1.165) is 4.90 Å². The molecule has 100 valence electrons. The van der Waals surface area contributed by atoms with Crippen LogP contribution in [0.4, 0.5) is 0 Å². The monoisotopic (exact) mass is 272 g/mol. The van der Waals surface area contributed by atoms with Gasteiger partial charge in [0.25, 0.3) is 0 Å². The number of aliphatic hydroxyl groups excluding tert-OH is 4. The van der Waals surface area contributed by atoms with Crippen LogP contribution in [0.25, 0.3) is 0 Å². The van der Waals surface area contributed by atoms with Crippen LogP contribution < -0.4 is 0 Å². The van der Waals surface area contributed by atoms with E-state index in [2.05, 4.69) is 0 Å². The van der Waals surface area contributed by atoms with Gasteiger partial charge in [-0.2, -0.15) is 0 Å². The van der Waals surface area contributed by atoms with Gasteiger partial charge in [0, 0.05) is 4.90 Å². The van der Waals surface area contributed by atoms with Crippen molar-refractivity contribution in [1.82, 2.24) is 0 Å². The lowest BCUT2D eigenvalue weighted by molar-refractivity contribution is -0.205. The third kappa shape index (κ3) is 2.85. The molecule has 1 aromatic rings. The van der Waals surface area contributed by atoms with Gasteiger partial charge in [0.2, 0.25) is 0 Å². The Morgan fingerprint density at radius 1 is 1.00 bits per heavy atom. The molecule has 0 aliphatic carbocycles. The second-order valence-electron chi connectivity index (χ2n) is 4.13. The first-order valence-corrected chi connectivity index (χ1v) is 6.53. The zero-order chi connectivity index (χ0) is 13.1. The van der Waals surface area contributed by atoms with E-state index in [1.165, 1.54) is 11.8 Å². The largest absolute Gasteiger partial charge is 0.394 e. The summed E-state index contributed by atoms with van der Waals surface area (Å²) in [6.07, 6.45) is -4.69. The molecule has 0 spiro atoms. The molecule has 5 atom stereocenters. The fraction of sp³-hybridized carbons (Fsp3) is 0.500. The van der Waals surface area contributed by atoms with Crippen LogP contribution in [-0.4, -0.2) is 56.9 Å². The summed E-state index contributed by atoms with van der Waals surface area (Å²) < 4.78 is 5.39. The highest BCUT2D eigenvalue weighted by Gasteiger charge is 2.43. The molecule has 0 amide bonds. The van der Waals surface area contributed by atoms with E-state index in [-0.39, 0.29) is 0 Å². The second-order valence-corrected chi connectivity index (χ2v) is 5.30. The second kappa shape index (κ2) is 6.01. The maximum absolute atomic E-state index is 9.85. The van der Waals surface area contributed by atoms with E-state index in [1.54, 1.807) is 0 Å². The van der Waals surface area contributed by atoms with Crippen LogP contribution >= 0.6 is 11.8 Å². The van der Waals surface area contributed by atoms with Gasteiger partial charge in [-0.3, -0.25) is 0 Å². The van der Waals surface area contributed by atoms with E-state index in [9.17, 15) is 15.3 Å². The molecular formula is C12H16O5S. The summed E-state index contributed by atoms with van der Waals surface area (Å²) in [6, 6.07) is 9.29. The van der Waals surface area contributed by atoms with Crippen molar-refractivity contribution >= 4 is 11.8 Å². The number of ether oxygens (including phenoxy) is 1. The minimum Gasteiger partial charge on any atom is -0.394 e. The van der Waals surface area contributed by atoms with Crippen LogP contribution in [-0.2, 0) is 4.74 Å². The van der Waals surface area contributed by atoms with Gasteiger partial charge in [-0.1, -0.05) is 30.0 Å². The molecule has 0 radical (unpaired) electrons. The summed E-state index contributed by atoms with van der Waals surface area (Å²) in [5, 5.41) is 38.2. The van der Waals surface area contributed by atoms with Crippen molar-refractivity contribution < 1.29 is 25.2 Å². The summed E-state index contributed by atoms with van der Waals surface area (Å²) in [4.78, 5) is 0.877. The molecule has 1 aliphatic rings. The Bertz CT molecular complexity index is 372. The molecule has 0 aromatic heterocycles. The van der Waals surface area contributed by atoms with E-state index < -0.39 is 36.5 Å². The van der Waals surface area contributed by atoms with Crippen LogP contribution in [0.5, 0.6) is 0 Å². The molecule has 4 N–H and O–H groups in total. The summed E-state index contributed by atoms with van der Waals surface area (Å²) >= 11 is 1.24. The zero-order valence-corrected chi connectivity index (χ0v) is 10.4. The first-order valence-electron chi connectivity index (χ1n) is 5.65. The molecule has 1 aliphatic heterocycles. The molecular weight excluding hydrogens is 256 g/mol. The predicted octanol–water partition coefficient (Wildman–Crippen LogP) is -0.421. The summed E-state index contributed by atoms with van der Waals surface area (Å²) in [5.41, 5.74) is -0.719. The van der Waals surface area contributed by atoms with Gasteiger partial charge in [-0.15, -0.1) is 0 Å². The maximum atomic E-state index is 9.85. The first-order chi connectivity index (χ1) is 8.63. The lowest BCUT2D eigenvalue weighted by Crippen LogP contribution is -2.57. The normalized spacial score (nSPS) is 36.6. The number of aliphatic hydroxyl groups is 4. The average molecular weight is 272 g/mol. The highest BCUT2D eigenvalue weighted by Crippen LogP contribution is 2.32. The fourth-order valence-corrected chi connectivity index (χ4v) is 2.88. The minimum absolute atomic E-state index is 0.406. The average Bonchev–Trinajstić information content (AvgIpc) is 2.40. The quantitative estimate of drug-likeness (QED) is 0.597. The molecule has 0 bridgehead atoms. The molecule has 0 saturated carbocycles. The van der Waals surface area contributed by atoms with Crippen molar-refractivity contribution in [2.75, 3.05) is 6.61 Å². The topological polar surface area (TPSA) is 90.2 Å². The summed E-state index contributed by atoms with van der Waals surface area (Å²) in [5.74, 6) is 0. The van der Waals surface area contributed by atoms with Crippen molar-refractivity contribution in [3.05, 3.63) is 30.3 Å². The van der Waals surface area contributed by atoms with E-state index in [4.69, 9.17) is 9.84 Å². The summed E-state index contributed by atoms with van der Waals surface area (Å²) in [6.45, 7) is -0.406. The molecule has 18 heavy (non-hydrogen) atoms.